The SMILES string of the molecule is CNC(Cc1cccc(F)c1)c1ccc(Br)c(F)c1. The smallest absolute Gasteiger partial charge is 0.137 e. The summed E-state index contributed by atoms with van der Waals surface area (Å²) in [5, 5.41) is 3.13. The van der Waals surface area contributed by atoms with Crippen LogP contribution in [0.25, 0.3) is 0 Å². The molecule has 0 aromatic heterocycles. The Morgan fingerprint density at radius 2 is 1.95 bits per heavy atom. The van der Waals surface area contributed by atoms with Gasteiger partial charge in [-0.25, -0.2) is 8.78 Å². The minimum atomic E-state index is -0.294. The molecule has 4 heteroatoms. The fourth-order valence-electron chi connectivity index (χ4n) is 2.02. The van der Waals surface area contributed by atoms with Crippen LogP contribution in [0.15, 0.2) is 46.9 Å². The Bertz CT molecular complexity index is 572. The number of nitrogens with one attached hydrogen (secondary N) is 1. The molecular weight excluding hydrogens is 312 g/mol. The number of hydrogen-bond acceptors (Lipinski definition) is 1. The van der Waals surface area contributed by atoms with Gasteiger partial charge in [-0.15, -0.1) is 0 Å². The van der Waals surface area contributed by atoms with Crippen molar-refractivity contribution in [1.82, 2.24) is 5.32 Å². The molecule has 0 bridgehead atoms. The zero-order valence-electron chi connectivity index (χ0n) is 10.5. The molecule has 0 amide bonds. The van der Waals surface area contributed by atoms with Crippen molar-refractivity contribution in [2.75, 3.05) is 7.05 Å². The first kappa shape index (κ1) is 14.2. The number of hydrogen-bond donors (Lipinski definition) is 1. The summed E-state index contributed by atoms with van der Waals surface area (Å²) in [5.41, 5.74) is 1.72. The van der Waals surface area contributed by atoms with E-state index in [1.54, 1.807) is 12.1 Å². The fourth-order valence-corrected chi connectivity index (χ4v) is 2.26. The van der Waals surface area contributed by atoms with Crippen LogP contribution in [0.2, 0.25) is 0 Å². The molecule has 100 valence electrons. The lowest BCUT2D eigenvalue weighted by Gasteiger charge is -2.17. The molecule has 0 aliphatic heterocycles. The summed E-state index contributed by atoms with van der Waals surface area (Å²) in [6.45, 7) is 0. The largest absolute Gasteiger partial charge is 0.313 e. The van der Waals surface area contributed by atoms with Crippen molar-refractivity contribution >= 4 is 15.9 Å². The molecule has 2 aromatic rings. The van der Waals surface area contributed by atoms with E-state index in [4.69, 9.17) is 0 Å². The Hall–Kier alpha value is -1.26. The molecule has 1 unspecified atom stereocenters. The van der Waals surface area contributed by atoms with Crippen LogP contribution in [0.1, 0.15) is 17.2 Å². The standard InChI is InChI=1S/C15H14BrF2N/c1-19-15(8-10-3-2-4-12(17)7-10)11-5-6-13(16)14(18)9-11/h2-7,9,15,19H,8H2,1H3. The van der Waals surface area contributed by atoms with E-state index < -0.39 is 0 Å². The van der Waals surface area contributed by atoms with Gasteiger partial charge in [0, 0.05) is 6.04 Å². The third kappa shape index (κ3) is 3.61. The van der Waals surface area contributed by atoms with Crippen molar-refractivity contribution in [3.63, 3.8) is 0 Å². The Kier molecular flexibility index (Phi) is 4.66. The Balaban J connectivity index is 2.22. The van der Waals surface area contributed by atoms with Gasteiger partial charge in [-0.1, -0.05) is 18.2 Å². The summed E-state index contributed by atoms with van der Waals surface area (Å²) in [5.74, 6) is -0.550. The molecule has 1 atom stereocenters. The quantitative estimate of drug-likeness (QED) is 0.887. The lowest BCUT2D eigenvalue weighted by molar-refractivity contribution is 0.571. The molecular formula is C15H14BrF2N. The number of rotatable bonds is 4. The van der Waals surface area contributed by atoms with Crippen molar-refractivity contribution in [3.8, 4) is 0 Å². The van der Waals surface area contributed by atoms with Crippen LogP contribution in [0.3, 0.4) is 0 Å². The summed E-state index contributed by atoms with van der Waals surface area (Å²) in [4.78, 5) is 0. The van der Waals surface area contributed by atoms with E-state index in [-0.39, 0.29) is 17.7 Å². The van der Waals surface area contributed by atoms with Gasteiger partial charge >= 0.3 is 0 Å². The summed E-state index contributed by atoms with van der Waals surface area (Å²) >= 11 is 3.13. The fraction of sp³-hybridized carbons (Fsp3) is 0.200. The first-order valence-electron chi connectivity index (χ1n) is 5.97. The van der Waals surface area contributed by atoms with Gasteiger partial charge < -0.3 is 5.32 Å². The van der Waals surface area contributed by atoms with E-state index in [9.17, 15) is 8.78 Å². The van der Waals surface area contributed by atoms with Crippen molar-refractivity contribution in [3.05, 3.63) is 69.7 Å². The summed E-state index contributed by atoms with van der Waals surface area (Å²) < 4.78 is 27.1. The maximum atomic E-state index is 13.5. The monoisotopic (exact) mass is 325 g/mol. The molecule has 0 fully saturated rings. The molecule has 0 aliphatic rings. The molecule has 2 aromatic carbocycles. The molecule has 0 aliphatic carbocycles. The Labute approximate surface area is 119 Å². The van der Waals surface area contributed by atoms with Gasteiger partial charge in [0.1, 0.15) is 11.6 Å². The maximum absolute atomic E-state index is 13.5. The zero-order valence-corrected chi connectivity index (χ0v) is 12.0. The van der Waals surface area contributed by atoms with Gasteiger partial charge in [0.05, 0.1) is 4.47 Å². The molecule has 1 N–H and O–H groups in total. The predicted octanol–water partition coefficient (Wildman–Crippen LogP) is 4.23. The Morgan fingerprint density at radius 3 is 2.58 bits per heavy atom. The van der Waals surface area contributed by atoms with Crippen LogP contribution < -0.4 is 5.32 Å². The van der Waals surface area contributed by atoms with E-state index in [0.29, 0.717) is 10.9 Å². The van der Waals surface area contributed by atoms with Crippen molar-refractivity contribution in [2.24, 2.45) is 0 Å². The van der Waals surface area contributed by atoms with Gasteiger partial charge in [0.2, 0.25) is 0 Å². The van der Waals surface area contributed by atoms with Crippen LogP contribution in [0.4, 0.5) is 8.78 Å². The molecule has 19 heavy (non-hydrogen) atoms. The highest BCUT2D eigenvalue weighted by Crippen LogP contribution is 2.23. The minimum absolute atomic E-state index is 0.0515. The second-order valence-electron chi connectivity index (χ2n) is 4.35. The number of benzene rings is 2. The van der Waals surface area contributed by atoms with Gasteiger partial charge in [0.15, 0.2) is 0 Å². The number of likely N-dealkylation sites (N-methyl/N-ethyl adjacent to an activating group) is 1. The van der Waals surface area contributed by atoms with E-state index in [0.717, 1.165) is 11.1 Å². The molecule has 0 heterocycles. The predicted molar refractivity (Wildman–Crippen MR) is 76.0 cm³/mol. The third-order valence-corrected chi connectivity index (χ3v) is 3.67. The van der Waals surface area contributed by atoms with E-state index in [1.807, 2.05) is 19.2 Å². The van der Waals surface area contributed by atoms with Gasteiger partial charge in [0.25, 0.3) is 0 Å². The molecule has 0 saturated heterocycles. The molecule has 1 nitrogen and oxygen atoms in total. The average Bonchev–Trinajstić information content (AvgIpc) is 2.39. The van der Waals surface area contributed by atoms with E-state index in [2.05, 4.69) is 21.2 Å². The van der Waals surface area contributed by atoms with Crippen molar-refractivity contribution < 1.29 is 8.78 Å². The summed E-state index contributed by atoms with van der Waals surface area (Å²) in [6.07, 6.45) is 0.606. The van der Waals surface area contributed by atoms with E-state index in [1.165, 1.54) is 18.2 Å². The highest BCUT2D eigenvalue weighted by Gasteiger charge is 2.12. The third-order valence-electron chi connectivity index (χ3n) is 3.02. The first-order chi connectivity index (χ1) is 9.10. The molecule has 0 radical (unpaired) electrons. The lowest BCUT2D eigenvalue weighted by atomic mass is 9.99. The highest BCUT2D eigenvalue weighted by atomic mass is 79.9. The second kappa shape index (κ2) is 6.26. The van der Waals surface area contributed by atoms with Crippen LogP contribution in [-0.4, -0.2) is 7.05 Å². The maximum Gasteiger partial charge on any atom is 0.137 e. The van der Waals surface area contributed by atoms with Gasteiger partial charge in [-0.3, -0.25) is 0 Å². The van der Waals surface area contributed by atoms with Crippen LogP contribution >= 0.6 is 15.9 Å². The normalized spacial score (nSPS) is 12.4. The Morgan fingerprint density at radius 1 is 1.16 bits per heavy atom. The molecule has 0 spiro atoms. The minimum Gasteiger partial charge on any atom is -0.313 e. The number of halogens is 3. The first-order valence-corrected chi connectivity index (χ1v) is 6.76. The van der Waals surface area contributed by atoms with Crippen LogP contribution in [0.5, 0.6) is 0 Å². The summed E-state index contributed by atoms with van der Waals surface area (Å²) in [7, 11) is 1.81. The topological polar surface area (TPSA) is 12.0 Å². The zero-order chi connectivity index (χ0) is 13.8. The van der Waals surface area contributed by atoms with Crippen LogP contribution in [0, 0.1) is 11.6 Å². The van der Waals surface area contributed by atoms with Gasteiger partial charge in [-0.2, -0.15) is 0 Å². The lowest BCUT2D eigenvalue weighted by Crippen LogP contribution is -2.19. The molecule has 0 saturated carbocycles. The van der Waals surface area contributed by atoms with E-state index >= 15 is 0 Å². The second-order valence-corrected chi connectivity index (χ2v) is 5.20. The van der Waals surface area contributed by atoms with Crippen molar-refractivity contribution in [2.45, 2.75) is 12.5 Å². The highest BCUT2D eigenvalue weighted by molar-refractivity contribution is 9.10. The van der Waals surface area contributed by atoms with Crippen LogP contribution in [-0.2, 0) is 6.42 Å². The summed E-state index contributed by atoms with van der Waals surface area (Å²) in [6, 6.07) is 11.4. The average molecular weight is 326 g/mol. The van der Waals surface area contributed by atoms with Crippen molar-refractivity contribution in [1.29, 1.82) is 0 Å². The van der Waals surface area contributed by atoms with Gasteiger partial charge in [-0.05, 0) is 64.8 Å². The molecule has 2 rings (SSSR count).